The molecule has 0 aliphatic carbocycles. The van der Waals surface area contributed by atoms with Gasteiger partial charge in [0.1, 0.15) is 6.04 Å². The Morgan fingerprint density at radius 1 is 1.55 bits per heavy atom. The Morgan fingerprint density at radius 3 is 2.95 bits per heavy atom. The first-order chi connectivity index (χ1) is 10.5. The number of nitrogens with zero attached hydrogens (tertiary/aromatic N) is 1. The zero-order valence-corrected chi connectivity index (χ0v) is 13.5. The molecular formula is C14H16ClN3O3S. The third kappa shape index (κ3) is 3.86. The molecule has 2 rings (SSSR count). The molecule has 1 fully saturated rings. The van der Waals surface area contributed by atoms with E-state index in [1.165, 1.54) is 7.11 Å². The van der Waals surface area contributed by atoms with Crippen molar-refractivity contribution in [1.82, 2.24) is 10.2 Å². The van der Waals surface area contributed by atoms with Crippen LogP contribution in [0.25, 0.3) is 0 Å². The number of benzene rings is 1. The van der Waals surface area contributed by atoms with E-state index < -0.39 is 12.0 Å². The molecule has 118 valence electrons. The highest BCUT2D eigenvalue weighted by atomic mass is 35.5. The number of esters is 1. The zero-order valence-electron chi connectivity index (χ0n) is 12.0. The van der Waals surface area contributed by atoms with Crippen LogP contribution in [0.4, 0.5) is 5.69 Å². The third-order valence-corrected chi connectivity index (χ3v) is 3.96. The molecule has 2 N–H and O–H groups in total. The largest absolute Gasteiger partial charge is 0.469 e. The van der Waals surface area contributed by atoms with E-state index in [2.05, 4.69) is 15.4 Å². The lowest BCUT2D eigenvalue weighted by atomic mass is 10.1. The summed E-state index contributed by atoms with van der Waals surface area (Å²) in [4.78, 5) is 25.2. The molecule has 1 aromatic carbocycles. The normalized spacial score (nSPS) is 17.6. The van der Waals surface area contributed by atoms with Crippen molar-refractivity contribution in [3.8, 4) is 0 Å². The van der Waals surface area contributed by atoms with Crippen LogP contribution in [-0.2, 0) is 14.3 Å². The fourth-order valence-electron chi connectivity index (χ4n) is 2.15. The van der Waals surface area contributed by atoms with Gasteiger partial charge in [-0.15, -0.1) is 0 Å². The van der Waals surface area contributed by atoms with Crippen LogP contribution in [0.3, 0.4) is 0 Å². The number of hydrogen-bond donors (Lipinski definition) is 2. The molecule has 8 heteroatoms. The Labute approximate surface area is 138 Å². The van der Waals surface area contributed by atoms with Crippen molar-refractivity contribution < 1.29 is 14.3 Å². The summed E-state index contributed by atoms with van der Waals surface area (Å²) in [6, 6.07) is 6.47. The minimum atomic E-state index is -0.691. The monoisotopic (exact) mass is 341 g/mol. The number of rotatable bonds is 3. The van der Waals surface area contributed by atoms with Crippen molar-refractivity contribution in [1.29, 1.82) is 0 Å². The van der Waals surface area contributed by atoms with Gasteiger partial charge in [-0.25, -0.2) is 0 Å². The van der Waals surface area contributed by atoms with Crippen molar-refractivity contribution in [2.75, 3.05) is 25.5 Å². The van der Waals surface area contributed by atoms with E-state index in [1.807, 2.05) is 12.1 Å². The van der Waals surface area contributed by atoms with Gasteiger partial charge in [-0.05, 0) is 24.4 Å². The summed E-state index contributed by atoms with van der Waals surface area (Å²) in [5.74, 6) is -0.715. The lowest BCUT2D eigenvalue weighted by molar-refractivity contribution is -0.144. The molecular weight excluding hydrogens is 326 g/mol. The first kappa shape index (κ1) is 16.5. The maximum Gasteiger partial charge on any atom is 0.308 e. The van der Waals surface area contributed by atoms with E-state index in [0.717, 1.165) is 0 Å². The number of thiocarbonyl (C=S) groups is 1. The van der Waals surface area contributed by atoms with Gasteiger partial charge in [0.2, 0.25) is 5.91 Å². The van der Waals surface area contributed by atoms with E-state index in [-0.39, 0.29) is 12.3 Å². The summed E-state index contributed by atoms with van der Waals surface area (Å²) in [6.45, 7) is 0.963. The number of halogens is 1. The van der Waals surface area contributed by atoms with Crippen molar-refractivity contribution in [2.24, 2.45) is 0 Å². The first-order valence-electron chi connectivity index (χ1n) is 6.69. The SMILES string of the molecule is COC(=O)C[C@H]1C(=O)NCCN1C(=S)Nc1ccccc1Cl. The Hall–Kier alpha value is -1.86. The molecule has 1 heterocycles. The summed E-state index contributed by atoms with van der Waals surface area (Å²) < 4.78 is 4.64. The molecule has 1 aliphatic heterocycles. The molecule has 22 heavy (non-hydrogen) atoms. The summed E-state index contributed by atoms with van der Waals surface area (Å²) in [7, 11) is 1.29. The number of ether oxygens (including phenoxy) is 1. The van der Waals surface area contributed by atoms with Gasteiger partial charge in [0.05, 0.1) is 24.2 Å². The molecule has 6 nitrogen and oxygen atoms in total. The van der Waals surface area contributed by atoms with E-state index in [0.29, 0.717) is 28.9 Å². The van der Waals surface area contributed by atoms with Crippen LogP contribution in [0.2, 0.25) is 5.02 Å². The number of nitrogens with one attached hydrogen (secondary N) is 2. The molecule has 1 aromatic rings. The quantitative estimate of drug-likeness (QED) is 0.639. The summed E-state index contributed by atoms with van der Waals surface area (Å²) in [6.07, 6.45) is -0.0628. The fraction of sp³-hybridized carbons (Fsp3) is 0.357. The van der Waals surface area contributed by atoms with Crippen molar-refractivity contribution in [2.45, 2.75) is 12.5 Å². The third-order valence-electron chi connectivity index (χ3n) is 3.29. The number of anilines is 1. The fourth-order valence-corrected chi connectivity index (χ4v) is 2.66. The average Bonchev–Trinajstić information content (AvgIpc) is 2.51. The Morgan fingerprint density at radius 2 is 2.27 bits per heavy atom. The number of hydrogen-bond acceptors (Lipinski definition) is 4. The topological polar surface area (TPSA) is 70.7 Å². The van der Waals surface area contributed by atoms with Gasteiger partial charge < -0.3 is 20.3 Å². The number of para-hydroxylation sites is 1. The van der Waals surface area contributed by atoms with Gasteiger partial charge in [-0.3, -0.25) is 9.59 Å². The number of carbonyl (C=O) groups is 2. The maximum atomic E-state index is 12.0. The van der Waals surface area contributed by atoms with E-state index in [9.17, 15) is 9.59 Å². The van der Waals surface area contributed by atoms with Crippen LogP contribution < -0.4 is 10.6 Å². The van der Waals surface area contributed by atoms with Crippen molar-refractivity contribution >= 4 is 46.5 Å². The average molecular weight is 342 g/mol. The number of carbonyl (C=O) groups excluding carboxylic acids is 2. The number of methoxy groups -OCH3 is 1. The van der Waals surface area contributed by atoms with Gasteiger partial charge in [-0.2, -0.15) is 0 Å². The smallest absolute Gasteiger partial charge is 0.308 e. The molecule has 0 aromatic heterocycles. The molecule has 0 spiro atoms. The zero-order chi connectivity index (χ0) is 16.1. The van der Waals surface area contributed by atoms with Crippen LogP contribution >= 0.6 is 23.8 Å². The second kappa shape index (κ2) is 7.42. The molecule has 1 atom stereocenters. The molecule has 1 saturated heterocycles. The van der Waals surface area contributed by atoms with Gasteiger partial charge in [0.15, 0.2) is 5.11 Å². The minimum absolute atomic E-state index is 0.0628. The van der Waals surface area contributed by atoms with E-state index >= 15 is 0 Å². The predicted octanol–water partition coefficient (Wildman–Crippen LogP) is 1.40. The van der Waals surface area contributed by atoms with Gasteiger partial charge in [0.25, 0.3) is 0 Å². The lowest BCUT2D eigenvalue weighted by Gasteiger charge is -2.36. The summed E-state index contributed by atoms with van der Waals surface area (Å²) in [5.41, 5.74) is 0.650. The molecule has 0 radical (unpaired) electrons. The Balaban J connectivity index is 2.13. The molecule has 1 amide bonds. The predicted molar refractivity (Wildman–Crippen MR) is 87.8 cm³/mol. The van der Waals surface area contributed by atoms with Crippen LogP contribution in [0.5, 0.6) is 0 Å². The maximum absolute atomic E-state index is 12.0. The van der Waals surface area contributed by atoms with Gasteiger partial charge in [0, 0.05) is 13.1 Å². The van der Waals surface area contributed by atoms with Crippen molar-refractivity contribution in [3.05, 3.63) is 29.3 Å². The van der Waals surface area contributed by atoms with E-state index in [4.69, 9.17) is 23.8 Å². The minimum Gasteiger partial charge on any atom is -0.469 e. The highest BCUT2D eigenvalue weighted by molar-refractivity contribution is 7.80. The Bertz CT molecular complexity index is 596. The molecule has 0 saturated carbocycles. The summed E-state index contributed by atoms with van der Waals surface area (Å²) >= 11 is 11.4. The highest BCUT2D eigenvalue weighted by Crippen LogP contribution is 2.22. The number of amides is 1. The highest BCUT2D eigenvalue weighted by Gasteiger charge is 2.33. The summed E-state index contributed by atoms with van der Waals surface area (Å²) in [5, 5.41) is 6.60. The number of piperazine rings is 1. The van der Waals surface area contributed by atoms with E-state index in [1.54, 1.807) is 17.0 Å². The van der Waals surface area contributed by atoms with Crippen LogP contribution in [-0.4, -0.2) is 48.1 Å². The standard InChI is InChI=1S/C14H16ClN3O3S/c1-21-12(19)8-11-13(20)16-6-7-18(11)14(22)17-10-5-3-2-4-9(10)15/h2-5,11H,6-8H2,1H3,(H,16,20)(H,17,22)/t11-/m0/s1. The van der Waals surface area contributed by atoms with Gasteiger partial charge >= 0.3 is 5.97 Å². The van der Waals surface area contributed by atoms with Crippen LogP contribution in [0, 0.1) is 0 Å². The van der Waals surface area contributed by atoms with Crippen molar-refractivity contribution in [3.63, 3.8) is 0 Å². The first-order valence-corrected chi connectivity index (χ1v) is 7.48. The van der Waals surface area contributed by atoms with Crippen LogP contribution in [0.15, 0.2) is 24.3 Å². The molecule has 0 unspecified atom stereocenters. The second-order valence-corrected chi connectivity index (χ2v) is 5.48. The second-order valence-electron chi connectivity index (χ2n) is 4.69. The van der Waals surface area contributed by atoms with Gasteiger partial charge in [-0.1, -0.05) is 23.7 Å². The van der Waals surface area contributed by atoms with Crippen LogP contribution in [0.1, 0.15) is 6.42 Å². The lowest BCUT2D eigenvalue weighted by Crippen LogP contribution is -2.58. The molecule has 1 aliphatic rings. The molecule has 0 bridgehead atoms. The Kier molecular flexibility index (Phi) is 5.57.